The Hall–Kier alpha value is -1.42. The van der Waals surface area contributed by atoms with Crippen molar-refractivity contribution < 1.29 is 0 Å². The van der Waals surface area contributed by atoms with Gasteiger partial charge in [-0.25, -0.2) is 4.98 Å². The quantitative estimate of drug-likeness (QED) is 0.898. The Morgan fingerprint density at radius 3 is 2.81 bits per heavy atom. The number of halogens is 1. The van der Waals surface area contributed by atoms with Crippen molar-refractivity contribution >= 4 is 15.9 Å². The van der Waals surface area contributed by atoms with Crippen molar-refractivity contribution in [2.75, 3.05) is 0 Å². The van der Waals surface area contributed by atoms with E-state index in [0.717, 1.165) is 17.7 Å². The van der Waals surface area contributed by atoms with Gasteiger partial charge in [-0.2, -0.15) is 0 Å². The first-order chi connectivity index (χ1) is 10.0. The average Bonchev–Trinajstić information content (AvgIpc) is 3.28. The number of nitrogens with one attached hydrogen (secondary N) is 1. The third kappa shape index (κ3) is 3.26. The zero-order chi connectivity index (χ0) is 15.0. The van der Waals surface area contributed by atoms with Crippen molar-refractivity contribution in [3.63, 3.8) is 0 Å². The molecule has 1 aromatic carbocycles. The zero-order valence-electron chi connectivity index (χ0n) is 12.3. The van der Waals surface area contributed by atoms with Gasteiger partial charge in [-0.15, -0.1) is 0 Å². The molecule has 0 aliphatic heterocycles. The molecule has 1 aliphatic carbocycles. The Kier molecular flexibility index (Phi) is 3.98. The van der Waals surface area contributed by atoms with Crippen LogP contribution in [0, 0.1) is 5.92 Å². The molecule has 1 fully saturated rings. The Morgan fingerprint density at radius 2 is 2.14 bits per heavy atom. The van der Waals surface area contributed by atoms with E-state index in [4.69, 9.17) is 0 Å². The normalized spacial score (nSPS) is 14.7. The van der Waals surface area contributed by atoms with E-state index in [1.165, 1.54) is 18.4 Å². The van der Waals surface area contributed by atoms with Crippen LogP contribution in [0.4, 0.5) is 0 Å². The summed E-state index contributed by atoms with van der Waals surface area (Å²) in [6.45, 7) is 4.26. The van der Waals surface area contributed by atoms with E-state index in [2.05, 4.69) is 51.9 Å². The van der Waals surface area contributed by atoms with Gasteiger partial charge in [0, 0.05) is 5.56 Å². The number of aromatic amines is 1. The summed E-state index contributed by atoms with van der Waals surface area (Å²) in [6, 6.07) is 8.38. The molecule has 0 bridgehead atoms. The number of H-pyrrole nitrogens is 1. The van der Waals surface area contributed by atoms with Crippen molar-refractivity contribution in [3.8, 4) is 11.4 Å². The maximum absolute atomic E-state index is 12.1. The molecule has 0 unspecified atom stereocenters. The van der Waals surface area contributed by atoms with Crippen LogP contribution >= 0.6 is 15.9 Å². The van der Waals surface area contributed by atoms with Crippen LogP contribution in [0.15, 0.2) is 33.5 Å². The third-order valence-electron chi connectivity index (χ3n) is 3.74. The van der Waals surface area contributed by atoms with E-state index in [9.17, 15) is 4.79 Å². The summed E-state index contributed by atoms with van der Waals surface area (Å²) in [5.41, 5.74) is 3.07. The van der Waals surface area contributed by atoms with Gasteiger partial charge in [-0.05, 0) is 58.7 Å². The van der Waals surface area contributed by atoms with Crippen LogP contribution in [0.25, 0.3) is 11.4 Å². The summed E-state index contributed by atoms with van der Waals surface area (Å²) < 4.78 is 0.554. The highest BCUT2D eigenvalue weighted by molar-refractivity contribution is 9.10. The minimum absolute atomic E-state index is 0.104. The lowest BCUT2D eigenvalue weighted by atomic mass is 10.1. The van der Waals surface area contributed by atoms with E-state index in [1.807, 2.05) is 12.1 Å². The summed E-state index contributed by atoms with van der Waals surface area (Å²) in [5, 5.41) is 0. The van der Waals surface area contributed by atoms with Crippen molar-refractivity contribution in [1.29, 1.82) is 0 Å². The molecular formula is C17H19BrN2O. The van der Waals surface area contributed by atoms with Crippen LogP contribution in [0.2, 0.25) is 0 Å². The van der Waals surface area contributed by atoms with Gasteiger partial charge in [0.2, 0.25) is 0 Å². The summed E-state index contributed by atoms with van der Waals surface area (Å²) in [5.74, 6) is 1.82. The molecule has 3 rings (SSSR count). The number of hydrogen-bond acceptors (Lipinski definition) is 2. The number of nitrogens with zero attached hydrogens (tertiary/aromatic N) is 1. The fraction of sp³-hybridized carbons (Fsp3) is 0.412. The molecule has 3 nitrogen and oxygen atoms in total. The monoisotopic (exact) mass is 346 g/mol. The van der Waals surface area contributed by atoms with Crippen LogP contribution in [0.1, 0.15) is 43.9 Å². The largest absolute Gasteiger partial charge is 0.306 e. The highest BCUT2D eigenvalue weighted by atomic mass is 79.9. The van der Waals surface area contributed by atoms with E-state index in [1.54, 1.807) is 0 Å². The van der Waals surface area contributed by atoms with E-state index < -0.39 is 0 Å². The van der Waals surface area contributed by atoms with Crippen LogP contribution in [0.3, 0.4) is 0 Å². The first-order valence-corrected chi connectivity index (χ1v) is 8.23. The van der Waals surface area contributed by atoms with Gasteiger partial charge in [-0.3, -0.25) is 4.79 Å². The number of hydrogen-bond donors (Lipinski definition) is 1. The lowest BCUT2D eigenvalue weighted by Gasteiger charge is -2.09. The Bertz CT molecular complexity index is 717. The predicted molar refractivity (Wildman–Crippen MR) is 88.5 cm³/mol. The van der Waals surface area contributed by atoms with Gasteiger partial charge in [0.25, 0.3) is 5.56 Å². The molecule has 0 amide bonds. The molecule has 110 valence electrons. The molecule has 4 heteroatoms. The molecule has 0 saturated heterocycles. The summed E-state index contributed by atoms with van der Waals surface area (Å²) in [4.78, 5) is 19.6. The van der Waals surface area contributed by atoms with Crippen molar-refractivity contribution in [2.45, 2.75) is 39.0 Å². The Morgan fingerprint density at radius 1 is 1.38 bits per heavy atom. The molecule has 1 heterocycles. The standard InChI is InChI=1S/C17H19BrN2O/c1-10(2)8-14-15(18)17(21)20-16(19-14)13-5-3-4-12(9-13)11-6-7-11/h3-5,9-11H,6-8H2,1-2H3,(H,19,20,21). The second-order valence-corrected chi connectivity index (χ2v) is 6.97. The maximum atomic E-state index is 12.1. The lowest BCUT2D eigenvalue weighted by molar-refractivity contribution is 0.631. The topological polar surface area (TPSA) is 45.8 Å². The van der Waals surface area contributed by atoms with Crippen LogP contribution in [-0.2, 0) is 6.42 Å². The molecule has 1 aromatic heterocycles. The fourth-order valence-corrected chi connectivity index (χ4v) is 2.87. The average molecular weight is 347 g/mol. The number of rotatable bonds is 4. The minimum Gasteiger partial charge on any atom is -0.306 e. The minimum atomic E-state index is -0.104. The molecular weight excluding hydrogens is 328 g/mol. The van der Waals surface area contributed by atoms with Gasteiger partial charge >= 0.3 is 0 Å². The maximum Gasteiger partial charge on any atom is 0.265 e. The molecule has 21 heavy (non-hydrogen) atoms. The highest BCUT2D eigenvalue weighted by Gasteiger charge is 2.23. The first kappa shape index (κ1) is 14.5. The smallest absolute Gasteiger partial charge is 0.265 e. The molecule has 1 aliphatic rings. The van der Waals surface area contributed by atoms with E-state index in [-0.39, 0.29) is 5.56 Å². The molecule has 2 aromatic rings. The lowest BCUT2D eigenvalue weighted by Crippen LogP contribution is -2.15. The van der Waals surface area contributed by atoms with E-state index in [0.29, 0.717) is 22.1 Å². The van der Waals surface area contributed by atoms with Crippen LogP contribution < -0.4 is 5.56 Å². The summed E-state index contributed by atoms with van der Waals surface area (Å²) in [6.07, 6.45) is 3.33. The van der Waals surface area contributed by atoms with Crippen molar-refractivity contribution in [3.05, 3.63) is 50.3 Å². The molecule has 0 spiro atoms. The molecule has 0 atom stereocenters. The van der Waals surface area contributed by atoms with Gasteiger partial charge in [0.15, 0.2) is 0 Å². The second kappa shape index (κ2) is 5.76. The third-order valence-corrected chi connectivity index (χ3v) is 4.56. The van der Waals surface area contributed by atoms with Gasteiger partial charge in [0.05, 0.1) is 5.69 Å². The fourth-order valence-electron chi connectivity index (χ4n) is 2.52. The molecule has 0 radical (unpaired) electrons. The Balaban J connectivity index is 2.03. The van der Waals surface area contributed by atoms with Crippen molar-refractivity contribution in [1.82, 2.24) is 9.97 Å². The molecule has 1 N–H and O–H groups in total. The second-order valence-electron chi connectivity index (χ2n) is 6.17. The van der Waals surface area contributed by atoms with Crippen LogP contribution in [0.5, 0.6) is 0 Å². The van der Waals surface area contributed by atoms with E-state index >= 15 is 0 Å². The predicted octanol–water partition coefficient (Wildman–Crippen LogP) is 4.28. The molecule has 1 saturated carbocycles. The Labute approximate surface area is 133 Å². The summed E-state index contributed by atoms with van der Waals surface area (Å²) in [7, 11) is 0. The SMILES string of the molecule is CC(C)Cc1nc(-c2cccc(C3CC3)c2)[nH]c(=O)c1Br. The van der Waals surface area contributed by atoms with Gasteiger partial charge < -0.3 is 4.98 Å². The highest BCUT2D eigenvalue weighted by Crippen LogP contribution is 2.40. The number of benzene rings is 1. The summed E-state index contributed by atoms with van der Waals surface area (Å²) >= 11 is 3.36. The number of aromatic nitrogens is 2. The van der Waals surface area contributed by atoms with Gasteiger partial charge in [0.1, 0.15) is 10.3 Å². The zero-order valence-corrected chi connectivity index (χ0v) is 13.9. The van der Waals surface area contributed by atoms with Gasteiger partial charge in [-0.1, -0.05) is 32.0 Å². The van der Waals surface area contributed by atoms with Crippen molar-refractivity contribution in [2.24, 2.45) is 5.92 Å². The first-order valence-electron chi connectivity index (χ1n) is 7.43. The van der Waals surface area contributed by atoms with Crippen LogP contribution in [-0.4, -0.2) is 9.97 Å².